The van der Waals surface area contributed by atoms with Crippen LogP contribution in [0.4, 0.5) is 0 Å². The van der Waals surface area contributed by atoms with Gasteiger partial charge < -0.3 is 16.2 Å². The summed E-state index contributed by atoms with van der Waals surface area (Å²) in [5.41, 5.74) is 5.25. The van der Waals surface area contributed by atoms with Gasteiger partial charge in [0.1, 0.15) is 0 Å². The van der Waals surface area contributed by atoms with Crippen molar-refractivity contribution in [2.45, 2.75) is 24.4 Å². The van der Waals surface area contributed by atoms with Crippen LogP contribution in [0.25, 0.3) is 0 Å². The van der Waals surface area contributed by atoms with E-state index in [2.05, 4.69) is 10.4 Å². The number of hydrogen-bond acceptors (Lipinski definition) is 4. The second-order valence-corrected chi connectivity index (χ2v) is 4.35. The summed E-state index contributed by atoms with van der Waals surface area (Å²) in [6.07, 6.45) is 4.15. The Morgan fingerprint density at radius 2 is 2.29 bits per heavy atom. The molecule has 1 aliphatic carbocycles. The number of aliphatic carboxylic acids is 1. The quantitative estimate of drug-likeness (QED) is 0.633. The average molecular weight is 238 g/mol. The van der Waals surface area contributed by atoms with Gasteiger partial charge in [0.15, 0.2) is 6.04 Å². The number of nitrogens with one attached hydrogen (secondary N) is 1. The van der Waals surface area contributed by atoms with Gasteiger partial charge in [-0.25, -0.2) is 4.79 Å². The third kappa shape index (κ3) is 2.28. The van der Waals surface area contributed by atoms with Crippen molar-refractivity contribution in [1.29, 1.82) is 0 Å². The molecule has 1 unspecified atom stereocenters. The smallest absolute Gasteiger partial charge is 0.331 e. The standard InChI is InChI=1S/C10H14N4O3/c1-14-5-6(4-12-14)7(8(15)16)13-9(17)10(11)2-3-10/h4-5,7H,2-3,11H2,1H3,(H,13,17)(H,15,16). The van der Waals surface area contributed by atoms with Crippen molar-refractivity contribution in [3.05, 3.63) is 18.0 Å². The molecule has 0 spiro atoms. The molecule has 7 heteroatoms. The Morgan fingerprint density at radius 3 is 2.71 bits per heavy atom. The first kappa shape index (κ1) is 11.6. The number of amides is 1. The first-order chi connectivity index (χ1) is 7.92. The maximum absolute atomic E-state index is 11.7. The lowest BCUT2D eigenvalue weighted by atomic mass is 10.1. The van der Waals surface area contributed by atoms with E-state index >= 15 is 0 Å². The number of nitrogens with two attached hydrogens (primary N) is 1. The van der Waals surface area contributed by atoms with Crippen LogP contribution < -0.4 is 11.1 Å². The number of rotatable bonds is 4. The van der Waals surface area contributed by atoms with Crippen molar-refractivity contribution in [3.63, 3.8) is 0 Å². The maximum atomic E-state index is 11.7. The Kier molecular flexibility index (Phi) is 2.62. The highest BCUT2D eigenvalue weighted by Gasteiger charge is 2.47. The predicted molar refractivity (Wildman–Crippen MR) is 57.9 cm³/mol. The summed E-state index contributed by atoms with van der Waals surface area (Å²) in [6.45, 7) is 0. The SMILES string of the molecule is Cn1cc(C(NC(=O)C2(N)CC2)C(=O)O)cn1. The van der Waals surface area contributed by atoms with Crippen LogP contribution in [0.15, 0.2) is 12.4 Å². The van der Waals surface area contributed by atoms with Crippen LogP contribution in [-0.4, -0.2) is 32.3 Å². The van der Waals surface area contributed by atoms with Gasteiger partial charge in [-0.1, -0.05) is 0 Å². The van der Waals surface area contributed by atoms with Gasteiger partial charge in [0.05, 0.1) is 11.7 Å². The fraction of sp³-hybridized carbons (Fsp3) is 0.500. The van der Waals surface area contributed by atoms with E-state index in [9.17, 15) is 9.59 Å². The third-order valence-electron chi connectivity index (χ3n) is 2.82. The molecule has 1 heterocycles. The van der Waals surface area contributed by atoms with Crippen LogP contribution in [0.2, 0.25) is 0 Å². The Morgan fingerprint density at radius 1 is 1.65 bits per heavy atom. The molecular weight excluding hydrogens is 224 g/mol. The molecular formula is C10H14N4O3. The second kappa shape index (κ2) is 3.85. The number of carboxylic acid groups (broad SMARTS) is 1. The Hall–Kier alpha value is -1.89. The fourth-order valence-electron chi connectivity index (χ4n) is 1.51. The minimum absolute atomic E-state index is 0.422. The number of carboxylic acids is 1. The van der Waals surface area contributed by atoms with E-state index in [1.165, 1.54) is 10.9 Å². The second-order valence-electron chi connectivity index (χ2n) is 4.35. The Bertz CT molecular complexity index is 464. The van der Waals surface area contributed by atoms with Crippen LogP contribution in [-0.2, 0) is 16.6 Å². The summed E-state index contributed by atoms with van der Waals surface area (Å²) < 4.78 is 1.48. The van der Waals surface area contributed by atoms with E-state index < -0.39 is 23.5 Å². The van der Waals surface area contributed by atoms with Gasteiger partial charge in [-0.15, -0.1) is 0 Å². The van der Waals surface area contributed by atoms with Gasteiger partial charge >= 0.3 is 5.97 Å². The molecule has 2 rings (SSSR count). The zero-order valence-corrected chi connectivity index (χ0v) is 9.38. The molecule has 1 saturated carbocycles. The van der Waals surface area contributed by atoms with Gasteiger partial charge in [0.25, 0.3) is 0 Å². The monoisotopic (exact) mass is 238 g/mol. The average Bonchev–Trinajstić information content (AvgIpc) is 2.86. The highest BCUT2D eigenvalue weighted by atomic mass is 16.4. The van der Waals surface area contributed by atoms with Gasteiger partial charge in [0.2, 0.25) is 5.91 Å². The molecule has 0 aliphatic heterocycles. The first-order valence-electron chi connectivity index (χ1n) is 5.23. The van der Waals surface area contributed by atoms with E-state index in [-0.39, 0.29) is 0 Å². The first-order valence-corrected chi connectivity index (χ1v) is 5.23. The molecule has 92 valence electrons. The third-order valence-corrected chi connectivity index (χ3v) is 2.82. The zero-order valence-electron chi connectivity index (χ0n) is 9.38. The van der Waals surface area contributed by atoms with Crippen LogP contribution in [0.1, 0.15) is 24.4 Å². The highest BCUT2D eigenvalue weighted by molar-refractivity contribution is 5.92. The maximum Gasteiger partial charge on any atom is 0.331 e. The molecule has 0 saturated heterocycles. The molecule has 17 heavy (non-hydrogen) atoms. The normalized spacial score (nSPS) is 18.5. The van der Waals surface area contributed by atoms with E-state index in [0.29, 0.717) is 18.4 Å². The minimum Gasteiger partial charge on any atom is -0.479 e. The lowest BCUT2D eigenvalue weighted by Crippen LogP contribution is -2.46. The molecule has 1 amide bonds. The van der Waals surface area contributed by atoms with Crippen molar-refractivity contribution in [3.8, 4) is 0 Å². The lowest BCUT2D eigenvalue weighted by molar-refractivity contribution is -0.142. The molecule has 0 aromatic carbocycles. The van der Waals surface area contributed by atoms with E-state index in [4.69, 9.17) is 10.8 Å². The molecule has 4 N–H and O–H groups in total. The minimum atomic E-state index is -1.13. The van der Waals surface area contributed by atoms with Gasteiger partial charge in [-0.05, 0) is 12.8 Å². The van der Waals surface area contributed by atoms with E-state index in [1.54, 1.807) is 13.2 Å². The number of carbonyl (C=O) groups is 2. The van der Waals surface area contributed by atoms with Crippen molar-refractivity contribution in [1.82, 2.24) is 15.1 Å². The molecule has 0 bridgehead atoms. The fourth-order valence-corrected chi connectivity index (χ4v) is 1.51. The van der Waals surface area contributed by atoms with Crippen LogP contribution in [0, 0.1) is 0 Å². The lowest BCUT2D eigenvalue weighted by Gasteiger charge is -2.15. The van der Waals surface area contributed by atoms with Crippen LogP contribution >= 0.6 is 0 Å². The molecule has 1 atom stereocenters. The number of hydrogen-bond donors (Lipinski definition) is 3. The molecule has 1 aliphatic rings. The summed E-state index contributed by atoms with van der Waals surface area (Å²) in [6, 6.07) is -1.10. The van der Waals surface area contributed by atoms with Crippen molar-refractivity contribution in [2.75, 3.05) is 0 Å². The number of aryl methyl sites for hydroxylation is 1. The summed E-state index contributed by atoms with van der Waals surface area (Å²) >= 11 is 0. The van der Waals surface area contributed by atoms with Gasteiger partial charge in [-0.2, -0.15) is 5.10 Å². The molecule has 1 fully saturated rings. The number of carbonyl (C=O) groups excluding carboxylic acids is 1. The number of nitrogens with zero attached hydrogens (tertiary/aromatic N) is 2. The van der Waals surface area contributed by atoms with Crippen LogP contribution in [0.3, 0.4) is 0 Å². The summed E-state index contributed by atoms with van der Waals surface area (Å²) in [4.78, 5) is 22.8. The van der Waals surface area contributed by atoms with Crippen molar-refractivity contribution in [2.24, 2.45) is 12.8 Å². The van der Waals surface area contributed by atoms with E-state index in [0.717, 1.165) is 0 Å². The Labute approximate surface area is 97.6 Å². The molecule has 1 aromatic heterocycles. The summed E-state index contributed by atoms with van der Waals surface area (Å²) in [5, 5.41) is 15.4. The zero-order chi connectivity index (χ0) is 12.6. The highest BCUT2D eigenvalue weighted by Crippen LogP contribution is 2.32. The molecule has 1 aromatic rings. The van der Waals surface area contributed by atoms with E-state index in [1.807, 2.05) is 0 Å². The number of aromatic nitrogens is 2. The predicted octanol–water partition coefficient (Wildman–Crippen LogP) is -0.847. The van der Waals surface area contributed by atoms with Crippen LogP contribution in [0.5, 0.6) is 0 Å². The topological polar surface area (TPSA) is 110 Å². The Balaban J connectivity index is 2.13. The summed E-state index contributed by atoms with van der Waals surface area (Å²) in [5.74, 6) is -1.55. The largest absolute Gasteiger partial charge is 0.479 e. The van der Waals surface area contributed by atoms with Crippen molar-refractivity contribution >= 4 is 11.9 Å². The molecule has 7 nitrogen and oxygen atoms in total. The summed E-state index contributed by atoms with van der Waals surface area (Å²) in [7, 11) is 1.68. The van der Waals surface area contributed by atoms with Crippen molar-refractivity contribution < 1.29 is 14.7 Å². The molecule has 0 radical (unpaired) electrons. The van der Waals surface area contributed by atoms with Gasteiger partial charge in [-0.3, -0.25) is 9.48 Å². The van der Waals surface area contributed by atoms with Gasteiger partial charge in [0, 0.05) is 18.8 Å².